The highest BCUT2D eigenvalue weighted by molar-refractivity contribution is 5.74. The molecule has 2 rings (SSSR count). The van der Waals surface area contributed by atoms with Crippen LogP contribution in [0.1, 0.15) is 11.3 Å². The second-order valence-electron chi connectivity index (χ2n) is 4.57. The van der Waals surface area contributed by atoms with Gasteiger partial charge in [-0.2, -0.15) is 9.65 Å². The third-order valence-electron chi connectivity index (χ3n) is 3.16. The Morgan fingerprint density at radius 2 is 2.30 bits per heavy atom. The van der Waals surface area contributed by atoms with Gasteiger partial charge in [-0.3, -0.25) is 20.6 Å². The first kappa shape index (κ1) is 16.1. The van der Waals surface area contributed by atoms with Gasteiger partial charge in [-0.15, -0.1) is 0 Å². The lowest BCUT2D eigenvalue weighted by Gasteiger charge is -2.10. The van der Waals surface area contributed by atoms with Crippen LogP contribution in [0.2, 0.25) is 0 Å². The lowest BCUT2D eigenvalue weighted by atomic mass is 9.99. The van der Waals surface area contributed by atoms with E-state index < -0.39 is 22.7 Å². The molecular formula is C14H11FN4O4. The second kappa shape index (κ2) is 6.67. The lowest BCUT2D eigenvalue weighted by molar-refractivity contribution is -0.387. The molecule has 0 fully saturated rings. The molecule has 1 aromatic carbocycles. The summed E-state index contributed by atoms with van der Waals surface area (Å²) in [6.45, 7) is 0.202. The zero-order valence-electron chi connectivity index (χ0n) is 11.7. The number of ether oxygens (including phenoxy) is 1. The number of aromatic amines is 1. The Balaban J connectivity index is 2.48. The number of nitriles is 1. The molecule has 3 N–H and O–H groups in total. The number of carbonyl (C=O) groups is 1. The van der Waals surface area contributed by atoms with E-state index in [0.717, 1.165) is 12.1 Å². The number of rotatable bonds is 6. The summed E-state index contributed by atoms with van der Waals surface area (Å²) in [7, 11) is 0. The number of carbonyl (C=O) groups excluding carboxylic acids is 1. The molecule has 0 saturated carbocycles. The third-order valence-corrected chi connectivity index (χ3v) is 3.16. The van der Waals surface area contributed by atoms with Crippen molar-refractivity contribution in [1.82, 2.24) is 4.98 Å². The van der Waals surface area contributed by atoms with E-state index in [2.05, 4.69) is 9.72 Å². The molecule has 9 heteroatoms. The largest absolute Gasteiger partial charge is 0.449 e. The van der Waals surface area contributed by atoms with E-state index in [1.54, 1.807) is 0 Å². The van der Waals surface area contributed by atoms with Crippen LogP contribution in [0.5, 0.6) is 0 Å². The summed E-state index contributed by atoms with van der Waals surface area (Å²) in [5.41, 5.74) is 6.23. The van der Waals surface area contributed by atoms with Gasteiger partial charge in [-0.25, -0.2) is 0 Å². The minimum absolute atomic E-state index is 0.0882. The van der Waals surface area contributed by atoms with Crippen LogP contribution in [0.3, 0.4) is 0 Å². The Labute approximate surface area is 129 Å². The van der Waals surface area contributed by atoms with Gasteiger partial charge in [-0.05, 0) is 23.3 Å². The van der Waals surface area contributed by atoms with E-state index in [9.17, 15) is 19.3 Å². The van der Waals surface area contributed by atoms with Gasteiger partial charge in [0, 0.05) is 24.2 Å². The molecule has 118 valence electrons. The van der Waals surface area contributed by atoms with Gasteiger partial charge in [0.05, 0.1) is 4.92 Å². The number of H-pyrrole nitrogens is 1. The summed E-state index contributed by atoms with van der Waals surface area (Å²) < 4.78 is 18.4. The maximum Gasteiger partial charge on any atom is 0.304 e. The van der Waals surface area contributed by atoms with E-state index in [-0.39, 0.29) is 24.2 Å². The predicted molar refractivity (Wildman–Crippen MR) is 76.4 cm³/mol. The Morgan fingerprint density at radius 1 is 1.57 bits per heavy atom. The number of aromatic nitrogens is 1. The maximum absolute atomic E-state index is 13.8. The van der Waals surface area contributed by atoms with Gasteiger partial charge in [0.2, 0.25) is 5.82 Å². The molecule has 8 nitrogen and oxygen atoms in total. The molecule has 0 saturated heterocycles. The molecule has 1 aromatic heterocycles. The molecule has 0 aliphatic heterocycles. The highest BCUT2D eigenvalue weighted by atomic mass is 19.1. The van der Waals surface area contributed by atoms with E-state index in [0.29, 0.717) is 11.1 Å². The van der Waals surface area contributed by atoms with Gasteiger partial charge in [0.15, 0.2) is 6.23 Å². The number of nitrogens with two attached hydrogens (primary N) is 1. The van der Waals surface area contributed by atoms with Gasteiger partial charge in [0.25, 0.3) is 6.47 Å². The van der Waals surface area contributed by atoms with E-state index >= 15 is 0 Å². The predicted octanol–water partition coefficient (Wildman–Crippen LogP) is 1.60. The Kier molecular flexibility index (Phi) is 4.68. The van der Waals surface area contributed by atoms with Gasteiger partial charge >= 0.3 is 5.69 Å². The van der Waals surface area contributed by atoms with Crippen molar-refractivity contribution in [2.75, 3.05) is 0 Å². The van der Waals surface area contributed by atoms with Crippen molar-refractivity contribution in [3.63, 3.8) is 0 Å². The number of nitrogens with zero attached hydrogens (tertiary/aromatic N) is 2. The van der Waals surface area contributed by atoms with Crippen molar-refractivity contribution in [2.24, 2.45) is 5.73 Å². The quantitative estimate of drug-likeness (QED) is 0.359. The van der Waals surface area contributed by atoms with Gasteiger partial charge < -0.3 is 9.72 Å². The first-order valence-electron chi connectivity index (χ1n) is 6.37. The molecule has 1 heterocycles. The zero-order chi connectivity index (χ0) is 17.0. The fourth-order valence-corrected chi connectivity index (χ4v) is 2.19. The highest BCUT2D eigenvalue weighted by Gasteiger charge is 2.20. The van der Waals surface area contributed by atoms with Crippen molar-refractivity contribution in [1.29, 1.82) is 5.26 Å². The summed E-state index contributed by atoms with van der Waals surface area (Å²) in [5, 5.41) is 19.8. The van der Waals surface area contributed by atoms with Gasteiger partial charge in [-0.1, -0.05) is 0 Å². The van der Waals surface area contributed by atoms with E-state index in [1.165, 1.54) is 12.3 Å². The summed E-state index contributed by atoms with van der Waals surface area (Å²) in [6, 6.07) is 5.24. The van der Waals surface area contributed by atoms with E-state index in [4.69, 9.17) is 11.0 Å². The molecule has 2 aromatic rings. The molecule has 1 atom stereocenters. The highest BCUT2D eigenvalue weighted by Crippen LogP contribution is 2.31. The SMILES string of the molecule is N#Cc1[nH]cc(CC(N)OC=O)c1-c1ccc([N+](=O)[O-])c(F)c1. The molecule has 0 bridgehead atoms. The maximum atomic E-state index is 13.8. The molecule has 0 amide bonds. The fourth-order valence-electron chi connectivity index (χ4n) is 2.19. The van der Waals surface area contributed by atoms with Crippen LogP contribution in [0.25, 0.3) is 11.1 Å². The first-order valence-corrected chi connectivity index (χ1v) is 6.37. The van der Waals surface area contributed by atoms with Crippen molar-refractivity contribution in [3.8, 4) is 17.2 Å². The van der Waals surface area contributed by atoms with Crippen LogP contribution >= 0.6 is 0 Å². The van der Waals surface area contributed by atoms with Crippen LogP contribution in [0, 0.1) is 27.3 Å². The molecule has 0 aliphatic rings. The number of hydrogen-bond acceptors (Lipinski definition) is 6. The second-order valence-corrected chi connectivity index (χ2v) is 4.57. The van der Waals surface area contributed by atoms with Crippen molar-refractivity contribution >= 4 is 12.2 Å². The minimum atomic E-state index is -1.02. The topological polar surface area (TPSA) is 135 Å². The number of benzene rings is 1. The smallest absolute Gasteiger partial charge is 0.304 e. The van der Waals surface area contributed by atoms with Crippen molar-refractivity contribution < 1.29 is 18.8 Å². The standard InChI is InChI=1S/C14H11FN4O4/c15-10-3-8(1-2-12(10)19(21)22)14-9(4-13(17)23-7-20)6-18-11(14)5-16/h1-3,6-7,13,18H,4,17H2. The monoisotopic (exact) mass is 318 g/mol. The van der Waals surface area contributed by atoms with E-state index in [1.807, 2.05) is 6.07 Å². The lowest BCUT2D eigenvalue weighted by Crippen LogP contribution is -2.25. The van der Waals surface area contributed by atoms with Crippen LogP contribution in [0.4, 0.5) is 10.1 Å². The number of nitro groups is 1. The number of hydrogen-bond donors (Lipinski definition) is 2. The van der Waals surface area contributed by atoms with Crippen LogP contribution in [-0.2, 0) is 16.0 Å². The summed E-state index contributed by atoms with van der Waals surface area (Å²) >= 11 is 0. The molecule has 0 aliphatic carbocycles. The summed E-state index contributed by atoms with van der Waals surface area (Å²) in [4.78, 5) is 22.8. The zero-order valence-corrected chi connectivity index (χ0v) is 11.7. The number of nitrogens with one attached hydrogen (secondary N) is 1. The van der Waals surface area contributed by atoms with Crippen molar-refractivity contribution in [3.05, 3.63) is 51.6 Å². The Morgan fingerprint density at radius 3 is 2.87 bits per heavy atom. The summed E-state index contributed by atoms with van der Waals surface area (Å²) in [5.74, 6) is -1.02. The number of nitro benzene ring substituents is 1. The molecule has 1 unspecified atom stereocenters. The van der Waals surface area contributed by atoms with Crippen LogP contribution in [0.15, 0.2) is 24.4 Å². The number of halogens is 1. The molecule has 23 heavy (non-hydrogen) atoms. The average molecular weight is 318 g/mol. The van der Waals surface area contributed by atoms with Crippen LogP contribution < -0.4 is 5.73 Å². The molecule has 0 radical (unpaired) electrons. The first-order chi connectivity index (χ1) is 11.0. The van der Waals surface area contributed by atoms with Crippen molar-refractivity contribution in [2.45, 2.75) is 12.6 Å². The Hall–Kier alpha value is -3.25. The molecule has 0 spiro atoms. The third kappa shape index (κ3) is 3.33. The molecular weight excluding hydrogens is 307 g/mol. The minimum Gasteiger partial charge on any atom is -0.449 e. The van der Waals surface area contributed by atoms with Crippen LogP contribution in [-0.4, -0.2) is 22.6 Å². The normalized spacial score (nSPS) is 11.5. The summed E-state index contributed by atoms with van der Waals surface area (Å²) in [6.07, 6.45) is 0.642. The average Bonchev–Trinajstić information content (AvgIpc) is 2.89. The fraction of sp³-hybridized carbons (Fsp3) is 0.143. The Bertz CT molecular complexity index is 797. The van der Waals surface area contributed by atoms with Gasteiger partial charge in [0.1, 0.15) is 11.8 Å².